The van der Waals surface area contributed by atoms with E-state index in [1.807, 2.05) is 42.3 Å². The molecule has 0 spiro atoms. The smallest absolute Gasteiger partial charge is 0.253 e. The van der Waals surface area contributed by atoms with E-state index in [-0.39, 0.29) is 12.0 Å². The van der Waals surface area contributed by atoms with Gasteiger partial charge in [0.1, 0.15) is 0 Å². The number of carbonyl (C=O) groups is 1. The van der Waals surface area contributed by atoms with Crippen LogP contribution in [0.3, 0.4) is 0 Å². The van der Waals surface area contributed by atoms with Gasteiger partial charge in [-0.2, -0.15) is 0 Å². The number of rotatable bonds is 20. The second-order valence-electron chi connectivity index (χ2n) is 8.98. The lowest BCUT2D eigenvalue weighted by Gasteiger charge is -2.17. The quantitative estimate of drug-likeness (QED) is 0.242. The summed E-state index contributed by atoms with van der Waals surface area (Å²) in [4.78, 5) is 14.1. The van der Waals surface area contributed by atoms with Gasteiger partial charge in [0.05, 0.1) is 6.10 Å². The number of aliphatic hydroxyl groups is 1. The summed E-state index contributed by atoms with van der Waals surface area (Å²) in [6.07, 6.45) is 16.9. The van der Waals surface area contributed by atoms with Gasteiger partial charge in [0, 0.05) is 25.7 Å². The van der Waals surface area contributed by atoms with Gasteiger partial charge in [-0.1, -0.05) is 95.8 Å². The molecular weight excluding hydrogens is 384 g/mol. The van der Waals surface area contributed by atoms with E-state index in [0.717, 1.165) is 44.5 Å². The van der Waals surface area contributed by atoms with Gasteiger partial charge >= 0.3 is 0 Å². The van der Waals surface area contributed by atoms with Gasteiger partial charge < -0.3 is 15.3 Å². The van der Waals surface area contributed by atoms with E-state index in [4.69, 9.17) is 0 Å². The molecule has 0 aromatic heterocycles. The molecule has 2 N–H and O–H groups in total. The molecule has 0 saturated carbocycles. The molecule has 0 heterocycles. The van der Waals surface area contributed by atoms with Gasteiger partial charge in [0.15, 0.2) is 0 Å². The van der Waals surface area contributed by atoms with Crippen molar-refractivity contribution in [1.29, 1.82) is 0 Å². The first-order valence-corrected chi connectivity index (χ1v) is 12.8. The van der Waals surface area contributed by atoms with Crippen molar-refractivity contribution >= 4 is 5.91 Å². The van der Waals surface area contributed by atoms with Crippen molar-refractivity contribution in [2.45, 2.75) is 103 Å². The van der Waals surface area contributed by atoms with E-state index >= 15 is 0 Å². The Kier molecular flexibility index (Phi) is 17.2. The maximum atomic E-state index is 12.3. The normalized spacial score (nSPS) is 12.1. The third-order valence-corrected chi connectivity index (χ3v) is 5.99. The van der Waals surface area contributed by atoms with Crippen LogP contribution in [0.25, 0.3) is 0 Å². The minimum atomic E-state index is -0.196. The topological polar surface area (TPSA) is 52.6 Å². The predicted molar refractivity (Wildman–Crippen MR) is 133 cm³/mol. The maximum Gasteiger partial charge on any atom is 0.253 e. The predicted octanol–water partition coefficient (Wildman–Crippen LogP) is 6.19. The molecule has 1 atom stereocenters. The van der Waals surface area contributed by atoms with Crippen LogP contribution in [0.1, 0.15) is 107 Å². The fourth-order valence-electron chi connectivity index (χ4n) is 3.92. The number of unbranched alkanes of at least 4 members (excludes halogenated alkanes) is 11. The van der Waals surface area contributed by atoms with Crippen LogP contribution in [-0.4, -0.2) is 48.7 Å². The Balaban J connectivity index is 1.86. The standard InChI is InChI=1S/C27H48N2O2/c1-3-4-5-6-11-17-22-28-24-26(30)21-16-10-8-7-9-12-18-23-29(2)27(31)25-19-14-13-15-20-25/h13-15,19-20,26,28,30H,3-12,16-18,21-24H2,1-2H3. The molecule has 0 fully saturated rings. The van der Waals surface area contributed by atoms with Gasteiger partial charge in [-0.25, -0.2) is 0 Å². The van der Waals surface area contributed by atoms with Crippen molar-refractivity contribution in [2.24, 2.45) is 0 Å². The van der Waals surface area contributed by atoms with Crippen molar-refractivity contribution in [3.05, 3.63) is 35.9 Å². The van der Waals surface area contributed by atoms with E-state index in [1.54, 1.807) is 0 Å². The van der Waals surface area contributed by atoms with Gasteiger partial charge in [0.2, 0.25) is 0 Å². The number of aliphatic hydroxyl groups excluding tert-OH is 1. The Hall–Kier alpha value is -1.39. The third-order valence-electron chi connectivity index (χ3n) is 5.99. The summed E-state index contributed by atoms with van der Waals surface area (Å²) >= 11 is 0. The highest BCUT2D eigenvalue weighted by atomic mass is 16.3. The molecule has 0 bridgehead atoms. The first-order chi connectivity index (χ1) is 15.1. The summed E-state index contributed by atoms with van der Waals surface area (Å²) in [5.41, 5.74) is 0.768. The lowest BCUT2D eigenvalue weighted by Crippen LogP contribution is -2.27. The molecule has 0 aliphatic carbocycles. The molecule has 0 saturated heterocycles. The highest BCUT2D eigenvalue weighted by Crippen LogP contribution is 2.11. The average molecular weight is 433 g/mol. The van der Waals surface area contributed by atoms with Crippen LogP contribution < -0.4 is 5.32 Å². The summed E-state index contributed by atoms with van der Waals surface area (Å²) in [7, 11) is 1.89. The van der Waals surface area contributed by atoms with E-state index in [0.29, 0.717) is 0 Å². The number of carbonyl (C=O) groups excluding carboxylic acids is 1. The summed E-state index contributed by atoms with van der Waals surface area (Å²) < 4.78 is 0. The molecule has 178 valence electrons. The molecule has 31 heavy (non-hydrogen) atoms. The van der Waals surface area contributed by atoms with E-state index < -0.39 is 0 Å². The van der Waals surface area contributed by atoms with Gasteiger partial charge in [0.25, 0.3) is 5.91 Å². The molecule has 0 aliphatic rings. The van der Waals surface area contributed by atoms with Crippen molar-refractivity contribution in [1.82, 2.24) is 10.2 Å². The summed E-state index contributed by atoms with van der Waals surface area (Å²) in [6.45, 7) is 4.85. The Bertz CT molecular complexity index is 535. The highest BCUT2D eigenvalue weighted by molar-refractivity contribution is 5.93. The fourth-order valence-corrected chi connectivity index (χ4v) is 3.92. The van der Waals surface area contributed by atoms with Crippen LogP contribution in [0, 0.1) is 0 Å². The number of amides is 1. The summed E-state index contributed by atoms with van der Waals surface area (Å²) in [5.74, 6) is 0.112. The molecule has 1 unspecified atom stereocenters. The molecule has 0 aliphatic heterocycles. The largest absolute Gasteiger partial charge is 0.392 e. The van der Waals surface area contributed by atoms with Crippen molar-refractivity contribution in [2.75, 3.05) is 26.7 Å². The van der Waals surface area contributed by atoms with Crippen LogP contribution in [-0.2, 0) is 0 Å². The van der Waals surface area contributed by atoms with Crippen molar-refractivity contribution in [3.8, 4) is 0 Å². The molecule has 4 heteroatoms. The number of hydrogen-bond acceptors (Lipinski definition) is 3. The Morgan fingerprint density at radius 2 is 1.45 bits per heavy atom. The molecular formula is C27H48N2O2. The Morgan fingerprint density at radius 3 is 2.13 bits per heavy atom. The van der Waals surface area contributed by atoms with E-state index in [1.165, 1.54) is 70.6 Å². The molecule has 1 aromatic carbocycles. The summed E-state index contributed by atoms with van der Waals surface area (Å²) in [5, 5.41) is 13.5. The van der Waals surface area contributed by atoms with E-state index in [9.17, 15) is 9.90 Å². The highest BCUT2D eigenvalue weighted by Gasteiger charge is 2.10. The number of nitrogens with zero attached hydrogens (tertiary/aromatic N) is 1. The Morgan fingerprint density at radius 1 is 0.871 bits per heavy atom. The molecule has 0 radical (unpaired) electrons. The SMILES string of the molecule is CCCCCCCCNCC(O)CCCCCCCCCN(C)C(=O)c1ccccc1. The lowest BCUT2D eigenvalue weighted by molar-refractivity contribution is 0.0792. The van der Waals surface area contributed by atoms with Gasteiger partial charge in [-0.3, -0.25) is 4.79 Å². The average Bonchev–Trinajstić information content (AvgIpc) is 2.79. The zero-order valence-electron chi connectivity index (χ0n) is 20.3. The monoisotopic (exact) mass is 432 g/mol. The van der Waals surface area contributed by atoms with Crippen LogP contribution in [0.15, 0.2) is 30.3 Å². The Labute approximate surface area is 191 Å². The number of nitrogens with one attached hydrogen (secondary N) is 1. The lowest BCUT2D eigenvalue weighted by atomic mass is 10.1. The number of hydrogen-bond donors (Lipinski definition) is 2. The number of benzene rings is 1. The van der Waals surface area contributed by atoms with Crippen LogP contribution >= 0.6 is 0 Å². The molecule has 1 aromatic rings. The van der Waals surface area contributed by atoms with Crippen LogP contribution in [0.4, 0.5) is 0 Å². The second-order valence-corrected chi connectivity index (χ2v) is 8.98. The van der Waals surface area contributed by atoms with Gasteiger partial charge in [-0.15, -0.1) is 0 Å². The van der Waals surface area contributed by atoms with Crippen LogP contribution in [0.5, 0.6) is 0 Å². The zero-order chi connectivity index (χ0) is 22.6. The second kappa shape index (κ2) is 19.3. The minimum Gasteiger partial charge on any atom is -0.392 e. The zero-order valence-corrected chi connectivity index (χ0v) is 20.3. The first-order valence-electron chi connectivity index (χ1n) is 12.8. The molecule has 1 rings (SSSR count). The molecule has 1 amide bonds. The van der Waals surface area contributed by atoms with Gasteiger partial charge in [-0.05, 0) is 37.9 Å². The van der Waals surface area contributed by atoms with Crippen molar-refractivity contribution in [3.63, 3.8) is 0 Å². The maximum absolute atomic E-state index is 12.3. The molecule has 4 nitrogen and oxygen atoms in total. The minimum absolute atomic E-state index is 0.112. The van der Waals surface area contributed by atoms with Crippen molar-refractivity contribution < 1.29 is 9.90 Å². The third kappa shape index (κ3) is 15.1. The van der Waals surface area contributed by atoms with Crippen LogP contribution in [0.2, 0.25) is 0 Å². The fraction of sp³-hybridized carbons (Fsp3) is 0.741. The summed E-state index contributed by atoms with van der Waals surface area (Å²) in [6, 6.07) is 9.51. The van der Waals surface area contributed by atoms with E-state index in [2.05, 4.69) is 12.2 Å². The first kappa shape index (κ1) is 27.6.